The number of nitrogens with zero attached hydrogens (tertiary/aromatic N) is 1. The highest BCUT2D eigenvalue weighted by Crippen LogP contribution is 2.30. The quantitative estimate of drug-likeness (QED) is 0.228. The minimum absolute atomic E-state index is 0. The number of ether oxygens (including phenoxy) is 3. The number of phenolic OH excluding ortho intramolecular Hbond substituents is 1. The molecule has 0 aliphatic carbocycles. The molecule has 0 unspecified atom stereocenters. The van der Waals surface area contributed by atoms with Gasteiger partial charge in [0.15, 0.2) is 11.5 Å². The van der Waals surface area contributed by atoms with E-state index in [0.29, 0.717) is 18.0 Å². The minimum Gasteiger partial charge on any atom is -0.504 e. The van der Waals surface area contributed by atoms with Crippen molar-refractivity contribution in [3.63, 3.8) is 0 Å². The SMILES string of the molecule is COc1cccc(Oc2ccc3c(NCCCNCc4cccc(OC)c4O)ccnc3c2)c1.Cl. The van der Waals surface area contributed by atoms with Gasteiger partial charge < -0.3 is 30.0 Å². The third-order valence-corrected chi connectivity index (χ3v) is 5.45. The second-order valence-electron chi connectivity index (χ2n) is 7.74. The van der Waals surface area contributed by atoms with Crippen LogP contribution in [0, 0.1) is 0 Å². The maximum absolute atomic E-state index is 10.2. The highest BCUT2D eigenvalue weighted by atomic mass is 35.5. The first kappa shape index (κ1) is 25.9. The molecule has 0 radical (unpaired) electrons. The van der Waals surface area contributed by atoms with Crippen LogP contribution in [-0.4, -0.2) is 37.4 Å². The molecule has 3 aromatic carbocycles. The van der Waals surface area contributed by atoms with Crippen LogP contribution in [-0.2, 0) is 6.54 Å². The number of aromatic hydroxyl groups is 1. The third kappa shape index (κ3) is 6.68. The molecule has 4 aromatic rings. The number of methoxy groups -OCH3 is 2. The first-order valence-corrected chi connectivity index (χ1v) is 11.2. The van der Waals surface area contributed by atoms with Crippen LogP contribution < -0.4 is 24.8 Å². The molecule has 184 valence electrons. The van der Waals surface area contributed by atoms with Gasteiger partial charge in [0, 0.05) is 48.1 Å². The molecule has 0 amide bonds. The van der Waals surface area contributed by atoms with Crippen LogP contribution in [0.1, 0.15) is 12.0 Å². The zero-order valence-corrected chi connectivity index (χ0v) is 20.6. The van der Waals surface area contributed by atoms with Crippen LogP contribution in [0.3, 0.4) is 0 Å². The lowest BCUT2D eigenvalue weighted by molar-refractivity contribution is 0.369. The molecule has 1 heterocycles. The van der Waals surface area contributed by atoms with Crippen molar-refractivity contribution in [2.24, 2.45) is 0 Å². The molecule has 8 heteroatoms. The number of hydrogen-bond acceptors (Lipinski definition) is 7. The molecule has 0 aliphatic rings. The molecule has 0 saturated heterocycles. The van der Waals surface area contributed by atoms with Crippen LogP contribution in [0.2, 0.25) is 0 Å². The highest BCUT2D eigenvalue weighted by Gasteiger charge is 2.07. The summed E-state index contributed by atoms with van der Waals surface area (Å²) in [6.45, 7) is 2.20. The number of nitrogens with one attached hydrogen (secondary N) is 2. The Morgan fingerprint density at radius 2 is 1.66 bits per heavy atom. The summed E-state index contributed by atoms with van der Waals surface area (Å²) in [6, 6.07) is 20.9. The van der Waals surface area contributed by atoms with Crippen LogP contribution in [0.25, 0.3) is 10.9 Å². The van der Waals surface area contributed by atoms with Crippen LogP contribution in [0.5, 0.6) is 28.7 Å². The topological polar surface area (TPSA) is 84.9 Å². The number of pyridine rings is 1. The van der Waals surface area contributed by atoms with Crippen molar-refractivity contribution < 1.29 is 19.3 Å². The second-order valence-corrected chi connectivity index (χ2v) is 7.74. The monoisotopic (exact) mass is 495 g/mol. The predicted octanol–water partition coefficient (Wildman–Crippen LogP) is 5.76. The van der Waals surface area contributed by atoms with Gasteiger partial charge in [-0.25, -0.2) is 0 Å². The number of phenols is 1. The minimum atomic E-state index is 0. The van der Waals surface area contributed by atoms with E-state index < -0.39 is 0 Å². The average molecular weight is 496 g/mol. The van der Waals surface area contributed by atoms with E-state index >= 15 is 0 Å². The Morgan fingerprint density at radius 1 is 0.857 bits per heavy atom. The van der Waals surface area contributed by atoms with E-state index in [2.05, 4.69) is 15.6 Å². The van der Waals surface area contributed by atoms with E-state index in [1.54, 1.807) is 26.5 Å². The van der Waals surface area contributed by atoms with Gasteiger partial charge in [-0.05, 0) is 49.4 Å². The molecule has 4 rings (SSSR count). The van der Waals surface area contributed by atoms with Gasteiger partial charge in [0.05, 0.1) is 19.7 Å². The molecule has 3 N–H and O–H groups in total. The maximum atomic E-state index is 10.2. The molecule has 35 heavy (non-hydrogen) atoms. The van der Waals surface area contributed by atoms with E-state index in [1.807, 2.05) is 60.7 Å². The smallest absolute Gasteiger partial charge is 0.162 e. The van der Waals surface area contributed by atoms with Crippen LogP contribution in [0.4, 0.5) is 5.69 Å². The molecule has 0 saturated carbocycles. The third-order valence-electron chi connectivity index (χ3n) is 5.45. The fraction of sp³-hybridized carbons (Fsp3) is 0.222. The number of para-hydroxylation sites is 1. The molecule has 0 fully saturated rings. The lowest BCUT2D eigenvalue weighted by atomic mass is 10.1. The number of anilines is 1. The summed E-state index contributed by atoms with van der Waals surface area (Å²) in [5.41, 5.74) is 2.71. The van der Waals surface area contributed by atoms with E-state index in [9.17, 15) is 5.11 Å². The first-order valence-electron chi connectivity index (χ1n) is 11.2. The Bertz CT molecular complexity index is 1250. The number of rotatable bonds is 11. The molecule has 0 bridgehead atoms. The first-order chi connectivity index (χ1) is 16.7. The molecule has 7 nitrogen and oxygen atoms in total. The highest BCUT2D eigenvalue weighted by molar-refractivity contribution is 5.91. The van der Waals surface area contributed by atoms with Crippen molar-refractivity contribution in [3.05, 3.63) is 78.5 Å². The summed E-state index contributed by atoms with van der Waals surface area (Å²) in [4.78, 5) is 4.50. The van der Waals surface area contributed by atoms with Gasteiger partial charge in [-0.3, -0.25) is 4.98 Å². The van der Waals surface area contributed by atoms with E-state index in [4.69, 9.17) is 14.2 Å². The number of fused-ring (bicyclic) bond motifs is 1. The van der Waals surface area contributed by atoms with Gasteiger partial charge in [-0.2, -0.15) is 0 Å². The van der Waals surface area contributed by atoms with Gasteiger partial charge in [0.1, 0.15) is 17.2 Å². The summed E-state index contributed by atoms with van der Waals surface area (Å²) in [5, 5.41) is 18.1. The fourth-order valence-corrected chi connectivity index (χ4v) is 3.68. The fourth-order valence-electron chi connectivity index (χ4n) is 3.68. The van der Waals surface area contributed by atoms with E-state index in [1.165, 1.54) is 0 Å². The summed E-state index contributed by atoms with van der Waals surface area (Å²) in [6.07, 6.45) is 2.72. The molecular formula is C27H30ClN3O4. The second kappa shape index (κ2) is 12.7. The molecule has 0 spiro atoms. The number of aromatic nitrogens is 1. The maximum Gasteiger partial charge on any atom is 0.162 e. The Labute approximate surface area is 211 Å². The van der Waals surface area contributed by atoms with Gasteiger partial charge in [-0.1, -0.05) is 18.2 Å². The largest absolute Gasteiger partial charge is 0.504 e. The van der Waals surface area contributed by atoms with Crippen molar-refractivity contribution >= 4 is 29.0 Å². The Balaban J connectivity index is 0.00000342. The van der Waals surface area contributed by atoms with Gasteiger partial charge in [0.25, 0.3) is 0 Å². The van der Waals surface area contributed by atoms with Crippen molar-refractivity contribution in [1.82, 2.24) is 10.3 Å². The van der Waals surface area contributed by atoms with Gasteiger partial charge >= 0.3 is 0 Å². The normalized spacial score (nSPS) is 10.5. The summed E-state index contributed by atoms with van der Waals surface area (Å²) in [7, 11) is 3.18. The van der Waals surface area contributed by atoms with E-state index in [-0.39, 0.29) is 18.2 Å². The Hall–Kier alpha value is -3.68. The summed E-state index contributed by atoms with van der Waals surface area (Å²) in [5.74, 6) is 2.85. The molecule has 0 atom stereocenters. The van der Waals surface area contributed by atoms with Gasteiger partial charge in [0.2, 0.25) is 0 Å². The average Bonchev–Trinajstić information content (AvgIpc) is 2.87. The van der Waals surface area contributed by atoms with Crippen molar-refractivity contribution in [3.8, 4) is 28.7 Å². The zero-order valence-electron chi connectivity index (χ0n) is 19.8. The number of halogens is 1. The number of hydrogen-bond donors (Lipinski definition) is 3. The predicted molar refractivity (Wildman–Crippen MR) is 142 cm³/mol. The molecule has 1 aromatic heterocycles. The summed E-state index contributed by atoms with van der Waals surface area (Å²) < 4.78 is 16.4. The Morgan fingerprint density at radius 3 is 2.49 bits per heavy atom. The lowest BCUT2D eigenvalue weighted by Crippen LogP contribution is -2.17. The van der Waals surface area contributed by atoms with Crippen molar-refractivity contribution in [2.75, 3.05) is 32.6 Å². The number of benzene rings is 3. The van der Waals surface area contributed by atoms with Gasteiger partial charge in [-0.15, -0.1) is 12.4 Å². The van der Waals surface area contributed by atoms with E-state index in [0.717, 1.165) is 53.2 Å². The van der Waals surface area contributed by atoms with Crippen molar-refractivity contribution in [1.29, 1.82) is 0 Å². The molecule has 0 aliphatic heterocycles. The van der Waals surface area contributed by atoms with Crippen LogP contribution >= 0.6 is 12.4 Å². The lowest BCUT2D eigenvalue weighted by Gasteiger charge is -2.12. The van der Waals surface area contributed by atoms with Crippen molar-refractivity contribution in [2.45, 2.75) is 13.0 Å². The van der Waals surface area contributed by atoms with Crippen LogP contribution in [0.15, 0.2) is 72.9 Å². The zero-order chi connectivity index (χ0) is 23.8. The molecular weight excluding hydrogens is 466 g/mol. The standard InChI is InChI=1S/C27H29N3O4.ClH/c1-32-20-7-4-8-21(16-20)34-22-10-11-23-24(12-15-30-25(23)17-22)29-14-5-13-28-18-19-6-3-9-26(33-2)27(19)31;/h3-4,6-12,15-17,28,31H,5,13-14,18H2,1-2H3,(H,29,30);1H. The summed E-state index contributed by atoms with van der Waals surface area (Å²) >= 11 is 0. The Kier molecular flexibility index (Phi) is 9.40.